The summed E-state index contributed by atoms with van der Waals surface area (Å²) in [7, 11) is 3.74. The number of likely N-dealkylation sites (N-methyl/N-ethyl adjacent to an activating group) is 1. The molecule has 0 saturated carbocycles. The van der Waals surface area contributed by atoms with Gasteiger partial charge in [0.15, 0.2) is 0 Å². The van der Waals surface area contributed by atoms with Gasteiger partial charge in [0.1, 0.15) is 5.75 Å². The van der Waals surface area contributed by atoms with Crippen molar-refractivity contribution in [3.05, 3.63) is 18.2 Å². The van der Waals surface area contributed by atoms with Gasteiger partial charge < -0.3 is 20.1 Å². The molecular weight excluding hydrogens is 228 g/mol. The number of rotatable bonds is 7. The van der Waals surface area contributed by atoms with Gasteiger partial charge in [0.2, 0.25) is 0 Å². The van der Waals surface area contributed by atoms with Gasteiger partial charge in [-0.3, -0.25) is 0 Å². The first-order chi connectivity index (χ1) is 8.58. The Morgan fingerprint density at radius 3 is 2.67 bits per heavy atom. The molecule has 0 heterocycles. The minimum absolute atomic E-state index is 0.288. The van der Waals surface area contributed by atoms with Crippen molar-refractivity contribution in [3.63, 3.8) is 0 Å². The highest BCUT2D eigenvalue weighted by atomic mass is 16.5. The first-order valence-electron chi connectivity index (χ1n) is 6.33. The van der Waals surface area contributed by atoms with Gasteiger partial charge in [-0.25, -0.2) is 0 Å². The first-order valence-corrected chi connectivity index (χ1v) is 6.33. The molecule has 102 valence electrons. The van der Waals surface area contributed by atoms with E-state index < -0.39 is 0 Å². The van der Waals surface area contributed by atoms with Gasteiger partial charge in [-0.1, -0.05) is 6.92 Å². The van der Waals surface area contributed by atoms with Gasteiger partial charge in [-0.2, -0.15) is 0 Å². The number of ether oxygens (including phenoxy) is 2. The van der Waals surface area contributed by atoms with Crippen LogP contribution in [0, 0.1) is 0 Å². The van der Waals surface area contributed by atoms with Crippen LogP contribution in [-0.4, -0.2) is 33.4 Å². The van der Waals surface area contributed by atoms with Gasteiger partial charge in [-0.15, -0.1) is 0 Å². The van der Waals surface area contributed by atoms with Crippen LogP contribution in [0.4, 0.5) is 11.4 Å². The largest absolute Gasteiger partial charge is 0.493 e. The van der Waals surface area contributed by atoms with E-state index in [0.717, 1.165) is 23.5 Å². The standard InChI is InChI=1S/C14H24N2O2/c1-5-6-18-14-8-12(15)7-13(9-14)16(3)11(2)10-17-4/h7-9,11H,5-6,10,15H2,1-4H3. The molecule has 1 aromatic rings. The Kier molecular flexibility index (Phi) is 5.78. The lowest BCUT2D eigenvalue weighted by Gasteiger charge is -2.27. The summed E-state index contributed by atoms with van der Waals surface area (Å²) >= 11 is 0. The molecule has 0 radical (unpaired) electrons. The summed E-state index contributed by atoms with van der Waals surface area (Å²) in [5, 5.41) is 0. The zero-order valence-corrected chi connectivity index (χ0v) is 11.8. The quantitative estimate of drug-likeness (QED) is 0.758. The van der Waals surface area contributed by atoms with Crippen molar-refractivity contribution in [3.8, 4) is 5.75 Å². The van der Waals surface area contributed by atoms with E-state index in [1.165, 1.54) is 0 Å². The predicted octanol–water partition coefficient (Wildman–Crippen LogP) is 2.53. The monoisotopic (exact) mass is 252 g/mol. The van der Waals surface area contributed by atoms with E-state index >= 15 is 0 Å². The minimum Gasteiger partial charge on any atom is -0.493 e. The van der Waals surface area contributed by atoms with Crippen molar-refractivity contribution in [2.45, 2.75) is 26.3 Å². The summed E-state index contributed by atoms with van der Waals surface area (Å²) in [5.41, 5.74) is 7.67. The van der Waals surface area contributed by atoms with E-state index in [2.05, 4.69) is 18.7 Å². The Morgan fingerprint density at radius 2 is 2.06 bits per heavy atom. The maximum absolute atomic E-state index is 5.91. The Labute approximate surface area is 110 Å². The molecule has 4 nitrogen and oxygen atoms in total. The number of nitrogen functional groups attached to an aromatic ring is 1. The van der Waals surface area contributed by atoms with E-state index in [4.69, 9.17) is 15.2 Å². The van der Waals surface area contributed by atoms with Crippen LogP contribution in [0.15, 0.2) is 18.2 Å². The van der Waals surface area contributed by atoms with Crippen LogP contribution in [0.5, 0.6) is 5.75 Å². The van der Waals surface area contributed by atoms with Gasteiger partial charge in [0.05, 0.1) is 13.2 Å². The smallest absolute Gasteiger partial charge is 0.123 e. The van der Waals surface area contributed by atoms with Crippen LogP contribution in [0.2, 0.25) is 0 Å². The average Bonchev–Trinajstić information content (AvgIpc) is 2.35. The predicted molar refractivity (Wildman–Crippen MR) is 76.4 cm³/mol. The zero-order valence-electron chi connectivity index (χ0n) is 11.8. The molecule has 18 heavy (non-hydrogen) atoms. The maximum atomic E-state index is 5.91. The fourth-order valence-corrected chi connectivity index (χ4v) is 1.72. The summed E-state index contributed by atoms with van der Waals surface area (Å²) in [6.07, 6.45) is 0.986. The first kappa shape index (κ1) is 14.6. The number of nitrogens with two attached hydrogens (primary N) is 1. The lowest BCUT2D eigenvalue weighted by Crippen LogP contribution is -2.32. The highest BCUT2D eigenvalue weighted by molar-refractivity contribution is 5.60. The third-order valence-electron chi connectivity index (χ3n) is 2.86. The second-order valence-corrected chi connectivity index (χ2v) is 4.52. The van der Waals surface area contributed by atoms with E-state index in [-0.39, 0.29) is 6.04 Å². The van der Waals surface area contributed by atoms with E-state index in [1.54, 1.807) is 7.11 Å². The summed E-state index contributed by atoms with van der Waals surface area (Å²) in [5.74, 6) is 0.823. The van der Waals surface area contributed by atoms with Crippen LogP contribution in [-0.2, 0) is 4.74 Å². The van der Waals surface area contributed by atoms with E-state index in [0.29, 0.717) is 13.2 Å². The number of hydrogen-bond acceptors (Lipinski definition) is 4. The number of benzene rings is 1. The zero-order chi connectivity index (χ0) is 13.5. The highest BCUT2D eigenvalue weighted by Crippen LogP contribution is 2.26. The molecule has 4 heteroatoms. The number of anilines is 2. The number of methoxy groups -OCH3 is 1. The third kappa shape index (κ3) is 4.11. The van der Waals surface area contributed by atoms with Crippen molar-refractivity contribution < 1.29 is 9.47 Å². The molecule has 0 amide bonds. The molecule has 1 rings (SSSR count). The van der Waals surface area contributed by atoms with Crippen LogP contribution in [0.25, 0.3) is 0 Å². The van der Waals surface area contributed by atoms with Crippen molar-refractivity contribution in [1.29, 1.82) is 0 Å². The second-order valence-electron chi connectivity index (χ2n) is 4.52. The molecule has 0 aliphatic heterocycles. The van der Waals surface area contributed by atoms with Crippen molar-refractivity contribution in [2.24, 2.45) is 0 Å². The van der Waals surface area contributed by atoms with Crippen LogP contribution in [0.3, 0.4) is 0 Å². The van der Waals surface area contributed by atoms with Crippen LogP contribution >= 0.6 is 0 Å². The van der Waals surface area contributed by atoms with Gasteiger partial charge >= 0.3 is 0 Å². The Hall–Kier alpha value is -1.42. The number of nitrogens with zero attached hydrogens (tertiary/aromatic N) is 1. The van der Waals surface area contributed by atoms with Crippen LogP contribution < -0.4 is 15.4 Å². The lowest BCUT2D eigenvalue weighted by atomic mass is 10.2. The van der Waals surface area contributed by atoms with Crippen molar-refractivity contribution >= 4 is 11.4 Å². The molecule has 0 bridgehead atoms. The molecule has 0 fully saturated rings. The Morgan fingerprint density at radius 1 is 1.33 bits per heavy atom. The van der Waals surface area contributed by atoms with Crippen molar-refractivity contribution in [2.75, 3.05) is 38.0 Å². The Balaban J connectivity index is 2.84. The molecule has 2 N–H and O–H groups in total. The Bertz CT molecular complexity index is 369. The average molecular weight is 252 g/mol. The fraction of sp³-hybridized carbons (Fsp3) is 0.571. The molecular formula is C14H24N2O2. The lowest BCUT2D eigenvalue weighted by molar-refractivity contribution is 0.183. The molecule has 0 aromatic heterocycles. The fourth-order valence-electron chi connectivity index (χ4n) is 1.72. The summed E-state index contributed by atoms with van der Waals surface area (Å²) in [6.45, 7) is 5.58. The van der Waals surface area contributed by atoms with Crippen LogP contribution in [0.1, 0.15) is 20.3 Å². The minimum atomic E-state index is 0.288. The van der Waals surface area contributed by atoms with E-state index in [1.807, 2.05) is 25.2 Å². The highest BCUT2D eigenvalue weighted by Gasteiger charge is 2.11. The molecule has 0 aliphatic rings. The normalized spacial score (nSPS) is 12.2. The molecule has 1 unspecified atom stereocenters. The SMILES string of the molecule is CCCOc1cc(N)cc(N(C)C(C)COC)c1. The molecule has 0 spiro atoms. The topological polar surface area (TPSA) is 47.7 Å². The molecule has 1 atom stereocenters. The third-order valence-corrected chi connectivity index (χ3v) is 2.86. The second kappa shape index (κ2) is 7.11. The summed E-state index contributed by atoms with van der Waals surface area (Å²) in [4.78, 5) is 2.14. The van der Waals surface area contributed by atoms with Gasteiger partial charge in [-0.05, 0) is 19.4 Å². The van der Waals surface area contributed by atoms with Crippen molar-refractivity contribution in [1.82, 2.24) is 0 Å². The summed E-state index contributed by atoms with van der Waals surface area (Å²) < 4.78 is 10.8. The molecule has 0 aliphatic carbocycles. The molecule has 0 saturated heterocycles. The van der Waals surface area contributed by atoms with E-state index in [9.17, 15) is 0 Å². The van der Waals surface area contributed by atoms with Gasteiger partial charge in [0, 0.05) is 43.7 Å². The summed E-state index contributed by atoms with van der Waals surface area (Å²) in [6, 6.07) is 6.10. The molecule has 1 aromatic carbocycles. The van der Waals surface area contributed by atoms with Gasteiger partial charge in [0.25, 0.3) is 0 Å². The number of hydrogen-bond donors (Lipinski definition) is 1. The maximum Gasteiger partial charge on any atom is 0.123 e.